The minimum Gasteiger partial charge on any atom is -0.308 e. The van der Waals surface area contributed by atoms with Crippen molar-refractivity contribution in [2.24, 2.45) is 0 Å². The van der Waals surface area contributed by atoms with Crippen LogP contribution in [0, 0.1) is 0 Å². The van der Waals surface area contributed by atoms with Gasteiger partial charge in [0.05, 0.1) is 0 Å². The largest absolute Gasteiger partial charge is 0.308 e. The van der Waals surface area contributed by atoms with Gasteiger partial charge < -0.3 is 4.90 Å². The van der Waals surface area contributed by atoms with E-state index in [1.807, 2.05) is 13.8 Å². The summed E-state index contributed by atoms with van der Waals surface area (Å²) in [6.07, 6.45) is 0. The molecule has 98 valence electrons. The molecule has 0 aliphatic carbocycles. The van der Waals surface area contributed by atoms with Crippen LogP contribution in [0.25, 0.3) is 0 Å². The standard InChI is InChI=1S/C11H25N3.C2H6/c1-11(2)14-9-7-13(8-10-14)6-5-12(3)4;1-2/h11H,5-10H2,1-4H3;1-2H3. The normalized spacial score (nSPS) is 18.8. The first kappa shape index (κ1) is 15.9. The zero-order valence-electron chi connectivity index (χ0n) is 12.2. The van der Waals surface area contributed by atoms with Crippen molar-refractivity contribution in [1.29, 1.82) is 0 Å². The van der Waals surface area contributed by atoms with Crippen LogP contribution in [-0.4, -0.2) is 74.1 Å². The zero-order chi connectivity index (χ0) is 12.6. The van der Waals surface area contributed by atoms with Crippen molar-refractivity contribution in [3.05, 3.63) is 0 Å². The summed E-state index contributed by atoms with van der Waals surface area (Å²) in [6.45, 7) is 15.9. The lowest BCUT2D eigenvalue weighted by molar-refractivity contribution is 0.103. The van der Waals surface area contributed by atoms with E-state index in [9.17, 15) is 0 Å². The van der Waals surface area contributed by atoms with E-state index in [1.54, 1.807) is 0 Å². The van der Waals surface area contributed by atoms with Gasteiger partial charge in [0.15, 0.2) is 0 Å². The van der Waals surface area contributed by atoms with E-state index in [4.69, 9.17) is 0 Å². The van der Waals surface area contributed by atoms with Crippen molar-refractivity contribution in [3.8, 4) is 0 Å². The first-order valence-corrected chi connectivity index (χ1v) is 6.70. The van der Waals surface area contributed by atoms with Gasteiger partial charge in [-0.15, -0.1) is 0 Å². The fourth-order valence-corrected chi connectivity index (χ4v) is 1.84. The van der Waals surface area contributed by atoms with Crippen molar-refractivity contribution >= 4 is 0 Å². The third-order valence-electron chi connectivity index (χ3n) is 3.00. The average Bonchev–Trinajstić information content (AvgIpc) is 2.29. The van der Waals surface area contributed by atoms with Crippen LogP contribution in [0.5, 0.6) is 0 Å². The highest BCUT2D eigenvalue weighted by Crippen LogP contribution is 2.05. The summed E-state index contributed by atoms with van der Waals surface area (Å²) in [5.74, 6) is 0. The smallest absolute Gasteiger partial charge is 0.0113 e. The molecule has 0 amide bonds. The molecule has 16 heavy (non-hydrogen) atoms. The molecule has 0 aromatic heterocycles. The van der Waals surface area contributed by atoms with Gasteiger partial charge in [0.2, 0.25) is 0 Å². The van der Waals surface area contributed by atoms with E-state index >= 15 is 0 Å². The second-order valence-electron chi connectivity index (χ2n) is 4.77. The number of piperazine rings is 1. The summed E-state index contributed by atoms with van der Waals surface area (Å²) < 4.78 is 0. The van der Waals surface area contributed by atoms with Crippen LogP contribution >= 0.6 is 0 Å². The summed E-state index contributed by atoms with van der Waals surface area (Å²) in [5.41, 5.74) is 0. The van der Waals surface area contributed by atoms with Gasteiger partial charge in [0, 0.05) is 45.3 Å². The maximum atomic E-state index is 2.57. The molecule has 1 saturated heterocycles. The molecule has 1 heterocycles. The van der Waals surface area contributed by atoms with Crippen LogP contribution in [0.1, 0.15) is 27.7 Å². The molecule has 0 bridgehead atoms. The number of nitrogens with zero attached hydrogens (tertiary/aromatic N) is 3. The quantitative estimate of drug-likeness (QED) is 0.725. The molecule has 1 fully saturated rings. The second kappa shape index (κ2) is 8.97. The lowest BCUT2D eigenvalue weighted by Gasteiger charge is -2.37. The highest BCUT2D eigenvalue weighted by atomic mass is 15.3. The zero-order valence-corrected chi connectivity index (χ0v) is 12.2. The Morgan fingerprint density at radius 1 is 1.00 bits per heavy atom. The van der Waals surface area contributed by atoms with E-state index in [1.165, 1.54) is 39.3 Å². The summed E-state index contributed by atoms with van der Waals surface area (Å²) >= 11 is 0. The van der Waals surface area contributed by atoms with E-state index in [0.29, 0.717) is 6.04 Å². The van der Waals surface area contributed by atoms with Crippen LogP contribution in [0.3, 0.4) is 0 Å². The first-order chi connectivity index (χ1) is 7.59. The van der Waals surface area contributed by atoms with Gasteiger partial charge in [0.25, 0.3) is 0 Å². The van der Waals surface area contributed by atoms with Crippen molar-refractivity contribution < 1.29 is 0 Å². The Labute approximate surface area is 102 Å². The third-order valence-corrected chi connectivity index (χ3v) is 3.00. The van der Waals surface area contributed by atoms with Crippen LogP contribution in [0.2, 0.25) is 0 Å². The average molecular weight is 229 g/mol. The summed E-state index contributed by atoms with van der Waals surface area (Å²) in [6, 6.07) is 0.714. The SMILES string of the molecule is CC.CC(C)N1CCN(CCN(C)C)CC1. The predicted molar refractivity (Wildman–Crippen MR) is 73.1 cm³/mol. The lowest BCUT2D eigenvalue weighted by atomic mass is 10.2. The fourth-order valence-electron chi connectivity index (χ4n) is 1.84. The van der Waals surface area contributed by atoms with Crippen molar-refractivity contribution in [2.45, 2.75) is 33.7 Å². The molecule has 0 N–H and O–H groups in total. The van der Waals surface area contributed by atoms with Gasteiger partial charge in [-0.2, -0.15) is 0 Å². The van der Waals surface area contributed by atoms with E-state index in [0.717, 1.165) is 0 Å². The molecular formula is C13H31N3. The van der Waals surface area contributed by atoms with Crippen LogP contribution in [-0.2, 0) is 0 Å². The molecule has 3 nitrogen and oxygen atoms in total. The van der Waals surface area contributed by atoms with E-state index < -0.39 is 0 Å². The van der Waals surface area contributed by atoms with Gasteiger partial charge in [-0.3, -0.25) is 9.80 Å². The fraction of sp³-hybridized carbons (Fsp3) is 1.00. The Bertz CT molecular complexity index is 149. The van der Waals surface area contributed by atoms with Gasteiger partial charge in [-0.05, 0) is 27.9 Å². The Balaban J connectivity index is 0.00000106. The molecular weight excluding hydrogens is 198 g/mol. The number of hydrogen-bond acceptors (Lipinski definition) is 3. The highest BCUT2D eigenvalue weighted by molar-refractivity contribution is 4.74. The monoisotopic (exact) mass is 229 g/mol. The third kappa shape index (κ3) is 6.46. The number of hydrogen-bond donors (Lipinski definition) is 0. The van der Waals surface area contributed by atoms with Gasteiger partial charge >= 0.3 is 0 Å². The summed E-state index contributed by atoms with van der Waals surface area (Å²) in [7, 11) is 4.29. The molecule has 0 spiro atoms. The maximum Gasteiger partial charge on any atom is 0.0113 e. The molecule has 1 aliphatic heterocycles. The second-order valence-corrected chi connectivity index (χ2v) is 4.77. The van der Waals surface area contributed by atoms with Crippen LogP contribution in [0.4, 0.5) is 0 Å². The summed E-state index contributed by atoms with van der Waals surface area (Å²) in [5, 5.41) is 0. The predicted octanol–water partition coefficient (Wildman–Crippen LogP) is 1.60. The number of likely N-dealkylation sites (N-methyl/N-ethyl adjacent to an activating group) is 1. The van der Waals surface area contributed by atoms with Crippen LogP contribution in [0.15, 0.2) is 0 Å². The number of rotatable bonds is 4. The molecule has 0 atom stereocenters. The maximum absolute atomic E-state index is 2.57. The molecule has 1 aliphatic rings. The minimum atomic E-state index is 0.714. The van der Waals surface area contributed by atoms with Crippen LogP contribution < -0.4 is 0 Å². The molecule has 0 aromatic carbocycles. The molecule has 0 unspecified atom stereocenters. The molecule has 3 heteroatoms. The summed E-state index contributed by atoms with van der Waals surface area (Å²) in [4.78, 5) is 7.39. The molecule has 1 rings (SSSR count). The molecule has 0 aromatic rings. The Kier molecular flexibility index (Phi) is 8.90. The Hall–Kier alpha value is -0.120. The van der Waals surface area contributed by atoms with E-state index in [2.05, 4.69) is 42.6 Å². The van der Waals surface area contributed by atoms with Crippen molar-refractivity contribution in [1.82, 2.24) is 14.7 Å². The van der Waals surface area contributed by atoms with Gasteiger partial charge in [0.1, 0.15) is 0 Å². The first-order valence-electron chi connectivity index (χ1n) is 6.70. The van der Waals surface area contributed by atoms with E-state index in [-0.39, 0.29) is 0 Å². The Morgan fingerprint density at radius 2 is 1.50 bits per heavy atom. The molecule has 0 saturated carbocycles. The molecule has 0 radical (unpaired) electrons. The lowest BCUT2D eigenvalue weighted by Crippen LogP contribution is -2.50. The van der Waals surface area contributed by atoms with Crippen molar-refractivity contribution in [3.63, 3.8) is 0 Å². The topological polar surface area (TPSA) is 9.72 Å². The van der Waals surface area contributed by atoms with Gasteiger partial charge in [-0.1, -0.05) is 13.8 Å². The highest BCUT2D eigenvalue weighted by Gasteiger charge is 2.17. The van der Waals surface area contributed by atoms with Crippen molar-refractivity contribution in [2.75, 3.05) is 53.4 Å². The minimum absolute atomic E-state index is 0.714. The Morgan fingerprint density at radius 3 is 1.88 bits per heavy atom. The van der Waals surface area contributed by atoms with Gasteiger partial charge in [-0.25, -0.2) is 0 Å².